The molecule has 2 aromatic carbocycles. The Morgan fingerprint density at radius 2 is 1.90 bits per heavy atom. The number of rotatable bonds is 3. The summed E-state index contributed by atoms with van der Waals surface area (Å²) in [6, 6.07) is 13.5. The second-order valence-corrected chi connectivity index (χ2v) is 9.87. The molecule has 0 saturated carbocycles. The number of dihydropyridines is 1. The van der Waals surface area contributed by atoms with Gasteiger partial charge in [0.05, 0.1) is 0 Å². The molecule has 1 aliphatic heterocycles. The van der Waals surface area contributed by atoms with E-state index in [1.54, 1.807) is 12.1 Å². The Kier molecular flexibility index (Phi) is 5.60. The van der Waals surface area contributed by atoms with Gasteiger partial charge in [0.15, 0.2) is 5.78 Å². The van der Waals surface area contributed by atoms with E-state index in [2.05, 4.69) is 40.4 Å². The quantitative estimate of drug-likeness (QED) is 0.578. The monoisotopic (exact) mass is 482 g/mol. The number of hydrogen-bond donors (Lipinski definition) is 2. The number of hydrogen-bond acceptors (Lipinski definition) is 3. The molecule has 2 N–H and O–H groups in total. The van der Waals surface area contributed by atoms with Gasteiger partial charge in [-0.25, -0.2) is 4.39 Å². The number of carbonyl (C=O) groups excluding carboxylic acids is 2. The van der Waals surface area contributed by atoms with E-state index in [0.29, 0.717) is 29.0 Å². The Bertz CT molecular complexity index is 1150. The predicted octanol–water partition coefficient (Wildman–Crippen LogP) is 5.83. The first-order valence-corrected chi connectivity index (χ1v) is 11.0. The topological polar surface area (TPSA) is 58.2 Å². The van der Waals surface area contributed by atoms with Crippen LogP contribution in [0.25, 0.3) is 0 Å². The molecule has 2 aliphatic rings. The molecule has 160 valence electrons. The van der Waals surface area contributed by atoms with Gasteiger partial charge in [-0.2, -0.15) is 0 Å². The maximum Gasteiger partial charge on any atom is 0.254 e. The van der Waals surface area contributed by atoms with Crippen molar-refractivity contribution in [1.82, 2.24) is 5.32 Å². The van der Waals surface area contributed by atoms with E-state index >= 15 is 0 Å². The molecule has 6 heteroatoms. The van der Waals surface area contributed by atoms with Crippen LogP contribution < -0.4 is 10.6 Å². The fraction of sp³-hybridized carbons (Fsp3) is 0.280. The van der Waals surface area contributed by atoms with Gasteiger partial charge in [-0.15, -0.1) is 0 Å². The summed E-state index contributed by atoms with van der Waals surface area (Å²) in [4.78, 5) is 26.7. The summed E-state index contributed by atoms with van der Waals surface area (Å²) >= 11 is 3.51. The van der Waals surface area contributed by atoms with Crippen LogP contribution in [0.2, 0.25) is 0 Å². The van der Waals surface area contributed by atoms with Gasteiger partial charge in [-0.3, -0.25) is 9.59 Å². The van der Waals surface area contributed by atoms with E-state index in [1.165, 1.54) is 12.1 Å². The van der Waals surface area contributed by atoms with Crippen LogP contribution in [-0.4, -0.2) is 11.7 Å². The molecule has 0 fully saturated rings. The van der Waals surface area contributed by atoms with Crippen LogP contribution in [0.1, 0.15) is 45.1 Å². The molecule has 1 amide bonds. The van der Waals surface area contributed by atoms with Crippen molar-refractivity contribution in [3.05, 3.63) is 86.9 Å². The zero-order valence-electron chi connectivity index (χ0n) is 17.7. The van der Waals surface area contributed by atoms with Crippen LogP contribution in [-0.2, 0) is 9.59 Å². The molecule has 0 spiro atoms. The molecule has 4 rings (SSSR count). The predicted molar refractivity (Wildman–Crippen MR) is 123 cm³/mol. The summed E-state index contributed by atoms with van der Waals surface area (Å²) in [6.07, 6.45) is 1.16. The van der Waals surface area contributed by atoms with Crippen LogP contribution in [0.3, 0.4) is 0 Å². The van der Waals surface area contributed by atoms with Crippen molar-refractivity contribution in [3.8, 4) is 0 Å². The van der Waals surface area contributed by atoms with Crippen molar-refractivity contribution in [2.24, 2.45) is 5.41 Å². The maximum atomic E-state index is 13.6. The van der Waals surface area contributed by atoms with Gasteiger partial charge in [-0.1, -0.05) is 48.0 Å². The van der Waals surface area contributed by atoms with E-state index in [0.717, 1.165) is 22.2 Å². The third kappa shape index (κ3) is 4.35. The number of halogens is 2. The minimum Gasteiger partial charge on any atom is -0.362 e. The van der Waals surface area contributed by atoms with E-state index in [9.17, 15) is 14.0 Å². The van der Waals surface area contributed by atoms with Gasteiger partial charge >= 0.3 is 0 Å². The molecular formula is C25H24BrFN2O2. The largest absolute Gasteiger partial charge is 0.362 e. The maximum absolute atomic E-state index is 13.6. The third-order valence-corrected chi connectivity index (χ3v) is 6.24. The zero-order chi connectivity index (χ0) is 22.3. The van der Waals surface area contributed by atoms with Gasteiger partial charge < -0.3 is 10.6 Å². The fourth-order valence-electron chi connectivity index (χ4n) is 4.52. The van der Waals surface area contributed by atoms with Crippen LogP contribution in [0.4, 0.5) is 10.1 Å². The summed E-state index contributed by atoms with van der Waals surface area (Å²) in [5, 5.41) is 6.14. The Morgan fingerprint density at radius 3 is 2.61 bits per heavy atom. The van der Waals surface area contributed by atoms with Crippen molar-refractivity contribution in [2.45, 2.75) is 39.5 Å². The lowest BCUT2D eigenvalue weighted by Gasteiger charge is -2.39. The number of amides is 1. The highest BCUT2D eigenvalue weighted by molar-refractivity contribution is 9.10. The fourth-order valence-corrected chi connectivity index (χ4v) is 4.94. The van der Waals surface area contributed by atoms with Crippen LogP contribution in [0.5, 0.6) is 0 Å². The standard InChI is InChI=1S/C25H24BrFN2O2/c1-14-21(24(31)29-18-9-5-8-17(27)11-18)22(15-6-4-7-16(26)10-15)23-19(28-14)12-25(2,3)13-20(23)30/h4-11,22,28H,12-13H2,1-3H3,(H,29,31)/t22-/m0/s1. The molecule has 2 aromatic rings. The highest BCUT2D eigenvalue weighted by Gasteiger charge is 2.42. The minimum absolute atomic E-state index is 0.0484. The highest BCUT2D eigenvalue weighted by atomic mass is 79.9. The van der Waals surface area contributed by atoms with E-state index in [4.69, 9.17) is 0 Å². The Balaban J connectivity index is 1.81. The zero-order valence-corrected chi connectivity index (χ0v) is 19.3. The van der Waals surface area contributed by atoms with E-state index < -0.39 is 11.7 Å². The molecule has 0 radical (unpaired) electrons. The van der Waals surface area contributed by atoms with E-state index in [1.807, 2.05) is 31.2 Å². The van der Waals surface area contributed by atoms with Gasteiger partial charge in [0.2, 0.25) is 0 Å². The molecule has 1 atom stereocenters. The lowest BCUT2D eigenvalue weighted by Crippen LogP contribution is -2.39. The summed E-state index contributed by atoms with van der Waals surface area (Å²) in [6.45, 7) is 6.01. The SMILES string of the molecule is CC1=C(C(=O)Nc2cccc(F)c2)[C@H](c2cccc(Br)c2)C2=C(CC(C)(C)CC2=O)N1. The summed E-state index contributed by atoms with van der Waals surface area (Å²) < 4.78 is 14.5. The number of Topliss-reactive ketones (excluding diaryl/α,β-unsaturated/α-hetero) is 1. The molecule has 0 aromatic heterocycles. The second kappa shape index (κ2) is 8.08. The van der Waals surface area contributed by atoms with Gasteiger partial charge in [0.25, 0.3) is 5.91 Å². The van der Waals surface area contributed by atoms with Crippen molar-refractivity contribution in [2.75, 3.05) is 5.32 Å². The van der Waals surface area contributed by atoms with Crippen LogP contribution in [0, 0.1) is 11.2 Å². The number of carbonyl (C=O) groups is 2. The first kappa shape index (κ1) is 21.5. The number of nitrogens with one attached hydrogen (secondary N) is 2. The molecule has 4 nitrogen and oxygen atoms in total. The Hall–Kier alpha value is -2.73. The highest BCUT2D eigenvalue weighted by Crippen LogP contribution is 2.47. The first-order valence-electron chi connectivity index (χ1n) is 10.2. The van der Waals surface area contributed by atoms with Gasteiger partial charge in [-0.05, 0) is 54.7 Å². The van der Waals surface area contributed by atoms with Crippen LogP contribution >= 0.6 is 15.9 Å². The first-order chi connectivity index (χ1) is 14.6. The molecule has 0 saturated heterocycles. The normalized spacial score (nSPS) is 20.3. The number of ketones is 1. The molecule has 31 heavy (non-hydrogen) atoms. The van der Waals surface area contributed by atoms with Gasteiger partial charge in [0, 0.05) is 45.0 Å². The average molecular weight is 483 g/mol. The van der Waals surface area contributed by atoms with Crippen molar-refractivity contribution < 1.29 is 14.0 Å². The smallest absolute Gasteiger partial charge is 0.254 e. The number of anilines is 1. The Morgan fingerprint density at radius 1 is 1.16 bits per heavy atom. The molecule has 0 bridgehead atoms. The molecule has 1 heterocycles. The lowest BCUT2D eigenvalue weighted by molar-refractivity contribution is -0.118. The molecular weight excluding hydrogens is 459 g/mol. The van der Waals surface area contributed by atoms with Gasteiger partial charge in [0.1, 0.15) is 5.82 Å². The van der Waals surface area contributed by atoms with Crippen molar-refractivity contribution >= 4 is 33.3 Å². The third-order valence-electron chi connectivity index (χ3n) is 5.75. The van der Waals surface area contributed by atoms with Crippen LogP contribution in [0.15, 0.2) is 75.5 Å². The second-order valence-electron chi connectivity index (χ2n) is 8.95. The van der Waals surface area contributed by atoms with Crippen molar-refractivity contribution in [3.63, 3.8) is 0 Å². The minimum atomic E-state index is -0.495. The Labute approximate surface area is 189 Å². The van der Waals surface area contributed by atoms with E-state index in [-0.39, 0.29) is 17.1 Å². The van der Waals surface area contributed by atoms with Crippen molar-refractivity contribution in [1.29, 1.82) is 0 Å². The number of benzene rings is 2. The summed E-state index contributed by atoms with van der Waals surface area (Å²) in [5.41, 5.74) is 3.77. The number of allylic oxidation sites excluding steroid dienone is 3. The average Bonchev–Trinajstić information content (AvgIpc) is 2.65. The molecule has 0 unspecified atom stereocenters. The summed E-state index contributed by atoms with van der Waals surface area (Å²) in [7, 11) is 0. The molecule has 1 aliphatic carbocycles. The summed E-state index contributed by atoms with van der Waals surface area (Å²) in [5.74, 6) is -1.23. The lowest BCUT2D eigenvalue weighted by atomic mass is 9.68.